The first-order valence-corrected chi connectivity index (χ1v) is 7.24. The minimum Gasteiger partial charge on any atom is -0.394 e. The highest BCUT2D eigenvalue weighted by Crippen LogP contribution is 2.23. The fourth-order valence-corrected chi connectivity index (χ4v) is 2.35. The maximum absolute atomic E-state index is 12.3. The zero-order chi connectivity index (χ0) is 15.0. The van der Waals surface area contributed by atoms with Crippen LogP contribution in [0.2, 0.25) is 0 Å². The van der Waals surface area contributed by atoms with Gasteiger partial charge in [-0.05, 0) is 18.6 Å². The van der Waals surface area contributed by atoms with Crippen molar-refractivity contribution in [2.75, 3.05) is 19.0 Å². The van der Waals surface area contributed by atoms with Crippen molar-refractivity contribution in [3.05, 3.63) is 29.8 Å². The first-order valence-electron chi connectivity index (χ1n) is 6.25. The second-order valence-electron chi connectivity index (χ2n) is 4.35. The van der Waals surface area contributed by atoms with E-state index >= 15 is 0 Å². The SMILES string of the molecule is CCC(CO)(CO)NC(=O)c1ccccc1SCC#N. The smallest absolute Gasteiger partial charge is 0.253 e. The third-order valence-electron chi connectivity index (χ3n) is 3.08. The minimum atomic E-state index is -1.02. The van der Waals surface area contributed by atoms with Gasteiger partial charge in [-0.15, -0.1) is 11.8 Å². The Morgan fingerprint density at radius 3 is 2.60 bits per heavy atom. The van der Waals surface area contributed by atoms with E-state index in [9.17, 15) is 15.0 Å². The van der Waals surface area contributed by atoms with Gasteiger partial charge in [0.15, 0.2) is 0 Å². The molecule has 0 aliphatic heterocycles. The fourth-order valence-electron chi connectivity index (χ4n) is 1.64. The molecule has 1 aromatic carbocycles. The molecule has 3 N–H and O–H groups in total. The summed E-state index contributed by atoms with van der Waals surface area (Å²) in [6.07, 6.45) is 0.416. The third kappa shape index (κ3) is 3.97. The summed E-state index contributed by atoms with van der Waals surface area (Å²) in [6.45, 7) is 1.11. The Morgan fingerprint density at radius 2 is 2.05 bits per heavy atom. The first kappa shape index (κ1) is 16.5. The van der Waals surface area contributed by atoms with Crippen LogP contribution in [-0.4, -0.2) is 40.6 Å². The number of thioether (sulfide) groups is 1. The van der Waals surface area contributed by atoms with Crippen LogP contribution in [0.5, 0.6) is 0 Å². The van der Waals surface area contributed by atoms with Gasteiger partial charge < -0.3 is 15.5 Å². The Kier molecular flexibility index (Phi) is 6.52. The second kappa shape index (κ2) is 7.90. The molecule has 0 aromatic heterocycles. The molecule has 5 nitrogen and oxygen atoms in total. The van der Waals surface area contributed by atoms with E-state index < -0.39 is 5.54 Å². The number of amides is 1. The molecule has 108 valence electrons. The van der Waals surface area contributed by atoms with E-state index in [-0.39, 0.29) is 24.9 Å². The molecular weight excluding hydrogens is 276 g/mol. The van der Waals surface area contributed by atoms with Crippen LogP contribution in [0.25, 0.3) is 0 Å². The number of benzene rings is 1. The van der Waals surface area contributed by atoms with Crippen molar-refractivity contribution < 1.29 is 15.0 Å². The van der Waals surface area contributed by atoms with Gasteiger partial charge in [-0.1, -0.05) is 19.1 Å². The third-order valence-corrected chi connectivity index (χ3v) is 4.03. The highest BCUT2D eigenvalue weighted by molar-refractivity contribution is 7.99. The molecule has 0 aliphatic rings. The van der Waals surface area contributed by atoms with Crippen molar-refractivity contribution in [3.8, 4) is 6.07 Å². The van der Waals surface area contributed by atoms with Crippen LogP contribution in [0.1, 0.15) is 23.7 Å². The number of hydrogen-bond donors (Lipinski definition) is 3. The fraction of sp³-hybridized carbons (Fsp3) is 0.429. The number of carbonyl (C=O) groups is 1. The van der Waals surface area contributed by atoms with Gasteiger partial charge in [0.1, 0.15) is 0 Å². The molecule has 0 aliphatic carbocycles. The lowest BCUT2D eigenvalue weighted by Crippen LogP contribution is -2.53. The molecule has 1 aromatic rings. The van der Waals surface area contributed by atoms with Crippen LogP contribution in [0, 0.1) is 11.3 Å². The Hall–Kier alpha value is -1.55. The molecule has 0 saturated carbocycles. The Labute approximate surface area is 122 Å². The maximum atomic E-state index is 12.3. The lowest BCUT2D eigenvalue weighted by atomic mass is 9.98. The lowest BCUT2D eigenvalue weighted by molar-refractivity contribution is 0.0650. The maximum Gasteiger partial charge on any atom is 0.253 e. The minimum absolute atomic E-state index is 0.253. The number of rotatable bonds is 7. The van der Waals surface area contributed by atoms with Gasteiger partial charge in [-0.25, -0.2) is 0 Å². The van der Waals surface area contributed by atoms with E-state index in [1.807, 2.05) is 6.07 Å². The van der Waals surface area contributed by atoms with E-state index in [1.54, 1.807) is 31.2 Å². The number of aliphatic hydroxyl groups is 2. The Balaban J connectivity index is 2.95. The molecule has 1 amide bonds. The van der Waals surface area contributed by atoms with E-state index in [0.717, 1.165) is 0 Å². The van der Waals surface area contributed by atoms with Crippen molar-refractivity contribution in [2.45, 2.75) is 23.8 Å². The van der Waals surface area contributed by atoms with E-state index in [4.69, 9.17) is 5.26 Å². The Morgan fingerprint density at radius 1 is 1.40 bits per heavy atom. The summed E-state index contributed by atoms with van der Waals surface area (Å²) >= 11 is 1.28. The normalized spacial score (nSPS) is 10.9. The van der Waals surface area contributed by atoms with Gasteiger partial charge in [-0.2, -0.15) is 5.26 Å². The van der Waals surface area contributed by atoms with Gasteiger partial charge in [0.05, 0.1) is 36.1 Å². The van der Waals surface area contributed by atoms with Gasteiger partial charge in [0, 0.05) is 4.90 Å². The number of carbonyl (C=O) groups excluding carboxylic acids is 1. The number of hydrogen-bond acceptors (Lipinski definition) is 5. The topological polar surface area (TPSA) is 93.3 Å². The summed E-state index contributed by atoms with van der Waals surface area (Å²) < 4.78 is 0. The summed E-state index contributed by atoms with van der Waals surface area (Å²) in [7, 11) is 0. The van der Waals surface area contributed by atoms with Gasteiger partial charge in [0.25, 0.3) is 5.91 Å². The average molecular weight is 294 g/mol. The van der Waals surface area contributed by atoms with Crippen LogP contribution in [-0.2, 0) is 0 Å². The monoisotopic (exact) mass is 294 g/mol. The van der Waals surface area contributed by atoms with E-state index in [1.165, 1.54) is 11.8 Å². The standard InChI is InChI=1S/C14H18N2O3S/c1-2-14(9-17,10-18)16-13(19)11-5-3-4-6-12(11)20-8-7-15/h3-6,17-18H,2,8-10H2,1H3,(H,16,19). The Bertz CT molecular complexity index is 487. The average Bonchev–Trinajstić information content (AvgIpc) is 2.51. The van der Waals surface area contributed by atoms with Crippen molar-refractivity contribution >= 4 is 17.7 Å². The summed E-state index contributed by atoms with van der Waals surface area (Å²) in [6, 6.07) is 8.96. The molecule has 0 saturated heterocycles. The molecule has 1 rings (SSSR count). The number of aliphatic hydroxyl groups excluding tert-OH is 2. The predicted octanol–water partition coefficient (Wildman–Crippen LogP) is 1.17. The summed E-state index contributed by atoms with van der Waals surface area (Å²) in [4.78, 5) is 13.0. The van der Waals surface area contributed by atoms with Gasteiger partial charge in [0.2, 0.25) is 0 Å². The number of nitrogens with zero attached hydrogens (tertiary/aromatic N) is 1. The molecule has 20 heavy (non-hydrogen) atoms. The van der Waals surface area contributed by atoms with Crippen LogP contribution >= 0.6 is 11.8 Å². The zero-order valence-corrected chi connectivity index (χ0v) is 12.1. The lowest BCUT2D eigenvalue weighted by Gasteiger charge is -2.30. The molecule has 0 radical (unpaired) electrons. The largest absolute Gasteiger partial charge is 0.394 e. The van der Waals surface area contributed by atoms with Crippen molar-refractivity contribution in [2.24, 2.45) is 0 Å². The number of nitriles is 1. The molecule has 6 heteroatoms. The van der Waals surface area contributed by atoms with Crippen molar-refractivity contribution in [1.29, 1.82) is 5.26 Å². The summed E-state index contributed by atoms with van der Waals surface area (Å²) in [5.41, 5.74) is -0.586. The van der Waals surface area contributed by atoms with Gasteiger partial charge >= 0.3 is 0 Å². The highest BCUT2D eigenvalue weighted by atomic mass is 32.2. The molecule has 0 bridgehead atoms. The zero-order valence-electron chi connectivity index (χ0n) is 11.3. The number of nitrogens with one attached hydrogen (secondary N) is 1. The predicted molar refractivity (Wildman–Crippen MR) is 77.4 cm³/mol. The van der Waals surface area contributed by atoms with Crippen molar-refractivity contribution in [3.63, 3.8) is 0 Å². The van der Waals surface area contributed by atoms with E-state index in [0.29, 0.717) is 16.9 Å². The molecule has 0 heterocycles. The molecule has 0 atom stereocenters. The second-order valence-corrected chi connectivity index (χ2v) is 5.36. The molecule has 0 spiro atoms. The van der Waals surface area contributed by atoms with Gasteiger partial charge in [-0.3, -0.25) is 4.79 Å². The highest BCUT2D eigenvalue weighted by Gasteiger charge is 2.29. The molecule has 0 unspecified atom stereocenters. The van der Waals surface area contributed by atoms with Crippen LogP contribution < -0.4 is 5.32 Å². The molecule has 0 fully saturated rings. The summed E-state index contributed by atoms with van der Waals surface area (Å²) in [5.74, 6) is -0.112. The quantitative estimate of drug-likeness (QED) is 0.656. The van der Waals surface area contributed by atoms with Crippen LogP contribution in [0.15, 0.2) is 29.2 Å². The molecular formula is C14H18N2O3S. The van der Waals surface area contributed by atoms with E-state index in [2.05, 4.69) is 5.32 Å². The first-order chi connectivity index (χ1) is 9.62. The van der Waals surface area contributed by atoms with Crippen molar-refractivity contribution in [1.82, 2.24) is 5.32 Å². The van der Waals surface area contributed by atoms with Crippen LogP contribution in [0.3, 0.4) is 0 Å². The van der Waals surface area contributed by atoms with Crippen LogP contribution in [0.4, 0.5) is 0 Å². The summed E-state index contributed by atoms with van der Waals surface area (Å²) in [5, 5.41) is 30.0.